The minimum absolute atomic E-state index is 0.0102. The van der Waals surface area contributed by atoms with Crippen molar-refractivity contribution in [3.05, 3.63) is 54.1 Å². The summed E-state index contributed by atoms with van der Waals surface area (Å²) in [5.41, 5.74) is 34.4. The van der Waals surface area contributed by atoms with Gasteiger partial charge in [0.2, 0.25) is 82.7 Å². The monoisotopic (exact) mass is 1730 g/mol. The number of nitrogens with zero attached hydrogens (tertiary/aromatic N) is 1. The van der Waals surface area contributed by atoms with Gasteiger partial charge in [0.15, 0.2) is 17.9 Å². The highest BCUT2D eigenvalue weighted by Crippen LogP contribution is 2.17. The molecule has 0 aliphatic heterocycles. The lowest BCUT2D eigenvalue weighted by atomic mass is 9.96. The van der Waals surface area contributed by atoms with Crippen molar-refractivity contribution in [2.45, 2.75) is 243 Å². The Morgan fingerprint density at radius 1 is 0.455 bits per heavy atom. The Morgan fingerprint density at radius 2 is 0.860 bits per heavy atom. The number of H-pyrrole nitrogens is 1. The molecule has 0 spiro atoms. The number of primary amides is 1. The minimum atomic E-state index is -1.66. The molecule has 14 amide bonds. The summed E-state index contributed by atoms with van der Waals surface area (Å²) in [6.07, 6.45) is 1.21. The van der Waals surface area contributed by atoms with Gasteiger partial charge in [-0.15, -0.1) is 0 Å². The number of carbonyl (C=O) groups excluding carboxylic acids is 14. The van der Waals surface area contributed by atoms with Gasteiger partial charge in [-0.1, -0.05) is 78.3 Å². The Labute approximate surface area is 707 Å². The molecule has 0 radical (unpaired) electrons. The first-order valence-corrected chi connectivity index (χ1v) is 40.7. The van der Waals surface area contributed by atoms with Gasteiger partial charge < -0.3 is 135 Å². The molecule has 0 aliphatic rings. The highest BCUT2D eigenvalue weighted by Gasteiger charge is 2.39. The molecule has 34 N–H and O–H groups in total. The van der Waals surface area contributed by atoms with Crippen molar-refractivity contribution in [1.82, 2.24) is 95.0 Å². The number of benzene rings is 1. The third-order valence-corrected chi connectivity index (χ3v) is 19.1. The topological polar surface area (TPSA) is 762 Å². The molecule has 1 aromatic heterocycles. The summed E-state index contributed by atoms with van der Waals surface area (Å²) in [5, 5.41) is 83.3. The smallest absolute Gasteiger partial charge is 0.325 e. The summed E-state index contributed by atoms with van der Waals surface area (Å²) in [4.78, 5) is 227. The maximum atomic E-state index is 15.0. The number of hydrogen-bond donors (Lipinski definition) is 29. The molecule has 14 atom stereocenters. The maximum Gasteiger partial charge on any atom is 0.325 e. The summed E-state index contributed by atoms with van der Waals surface area (Å²) in [7, 11) is 0. The van der Waals surface area contributed by atoms with Crippen molar-refractivity contribution in [2.24, 2.45) is 52.2 Å². The van der Waals surface area contributed by atoms with E-state index in [0.29, 0.717) is 17.7 Å². The zero-order valence-electron chi connectivity index (χ0n) is 69.5. The van der Waals surface area contributed by atoms with Crippen LogP contribution in [0.4, 0.5) is 0 Å². The van der Waals surface area contributed by atoms with Crippen molar-refractivity contribution in [3.63, 3.8) is 0 Å². The summed E-state index contributed by atoms with van der Waals surface area (Å²) in [6.45, 7) is 10.9. The highest BCUT2D eigenvalue weighted by molar-refractivity contribution is 7.80. The Morgan fingerprint density at radius 3 is 1.27 bits per heavy atom. The molecule has 0 aliphatic carbocycles. The van der Waals surface area contributed by atoms with Gasteiger partial charge in [0.05, 0.1) is 24.6 Å². The second-order valence-corrected chi connectivity index (χ2v) is 30.4. The number of aromatic nitrogens is 2. The average molecular weight is 1730 g/mol. The number of nitrogens with two attached hydrogens (primary N) is 6. The van der Waals surface area contributed by atoms with E-state index in [1.807, 2.05) is 0 Å². The predicted molar refractivity (Wildman–Crippen MR) is 448 cm³/mol. The molecule has 45 nitrogen and oxygen atoms in total. The second-order valence-electron chi connectivity index (χ2n) is 30.0. The summed E-state index contributed by atoms with van der Waals surface area (Å²) < 4.78 is 0. The maximum absolute atomic E-state index is 15.0. The van der Waals surface area contributed by atoms with E-state index in [0.717, 1.165) is 0 Å². The van der Waals surface area contributed by atoms with Crippen molar-refractivity contribution in [2.75, 3.05) is 38.5 Å². The first kappa shape index (κ1) is 105. The minimum Gasteiger partial charge on any atom is -0.481 e. The molecule has 0 saturated heterocycles. The zero-order valence-corrected chi connectivity index (χ0v) is 70.4. The largest absolute Gasteiger partial charge is 0.481 e. The number of rotatable bonds is 60. The molecule has 121 heavy (non-hydrogen) atoms. The first-order chi connectivity index (χ1) is 57.1. The number of carboxylic acids is 2. The Balaban J connectivity index is 2.60. The molecule has 0 saturated carbocycles. The number of carbonyl (C=O) groups is 16. The normalized spacial score (nSPS) is 14.5. The SMILES string of the molecule is CC[C@H](C)[C@H](NC(=O)[C@H](Cc1ccccc1)NC(=O)[C@H](CCCNC(=N)N)NC(=O)[C@H](CS)NC(=O)CNC(=O)[C@H](Cc1c[nH]cn1)NC(=O)[C@@H](N)CCC(N)=O)C(=O)N[C@@H](CCCNC(=N)N)C(=O)N[C@@H](CC(C)C)C(=O)N[C@@H](CCCCN)C(=O)N[C@@H](CC(C)C)C(=O)N[C@@H](CCC(=O)O)C(=O)N[C@@H](CCCNC(=N)N)C(=O)N[C@@H](C)C(=O)O. The van der Waals surface area contributed by atoms with Crippen molar-refractivity contribution < 1.29 is 86.9 Å². The van der Waals surface area contributed by atoms with E-state index in [1.54, 1.807) is 71.9 Å². The van der Waals surface area contributed by atoms with E-state index >= 15 is 4.79 Å². The molecule has 2 rings (SSSR count). The number of guanidine groups is 3. The average Bonchev–Trinajstić information content (AvgIpc) is 1.56. The highest BCUT2D eigenvalue weighted by atomic mass is 32.1. The number of aromatic amines is 1. The van der Waals surface area contributed by atoms with Gasteiger partial charge >= 0.3 is 11.9 Å². The van der Waals surface area contributed by atoms with Crippen LogP contribution in [0, 0.1) is 34.0 Å². The van der Waals surface area contributed by atoms with Gasteiger partial charge in [-0.2, -0.15) is 12.6 Å². The van der Waals surface area contributed by atoms with Gasteiger partial charge in [-0.3, -0.25) is 92.9 Å². The first-order valence-electron chi connectivity index (χ1n) is 40.1. The third-order valence-electron chi connectivity index (χ3n) is 18.7. The molecule has 1 aromatic carbocycles. The van der Waals surface area contributed by atoms with Crippen LogP contribution in [0.25, 0.3) is 0 Å². The summed E-state index contributed by atoms with van der Waals surface area (Å²) in [5.74, 6) is -18.4. The van der Waals surface area contributed by atoms with Gasteiger partial charge in [0.25, 0.3) is 0 Å². The van der Waals surface area contributed by atoms with Crippen molar-refractivity contribution >= 4 is 125 Å². The molecule has 2 aromatic rings. The number of imidazole rings is 1. The van der Waals surface area contributed by atoms with Crippen LogP contribution in [0.3, 0.4) is 0 Å². The fourth-order valence-corrected chi connectivity index (χ4v) is 12.2. The molecule has 0 fully saturated rings. The Kier molecular flexibility index (Phi) is 49.1. The number of hydrogen-bond acceptors (Lipinski definition) is 23. The fraction of sp³-hybridized carbons (Fsp3) is 0.627. The molecule has 46 heteroatoms. The Bertz CT molecular complexity index is 3770. The summed E-state index contributed by atoms with van der Waals surface area (Å²) >= 11 is 4.27. The van der Waals surface area contributed by atoms with Crippen LogP contribution in [0.1, 0.15) is 162 Å². The number of unbranched alkanes of at least 4 members (excludes halogenated alkanes) is 1. The quantitative estimate of drug-likeness (QED) is 0.0127. The number of amides is 14. The van der Waals surface area contributed by atoms with Gasteiger partial charge in [-0.05, 0) is 120 Å². The molecule has 1 heterocycles. The number of carboxylic acid groups (broad SMARTS) is 2. The van der Waals surface area contributed by atoms with E-state index in [-0.39, 0.29) is 140 Å². The predicted octanol–water partition coefficient (Wildman–Crippen LogP) is -6.32. The van der Waals surface area contributed by atoms with Crippen LogP contribution in [-0.2, 0) is 89.6 Å². The number of thiol groups is 1. The van der Waals surface area contributed by atoms with Gasteiger partial charge in [-0.25, -0.2) is 4.98 Å². The molecule has 0 bridgehead atoms. The lowest BCUT2D eigenvalue weighted by molar-refractivity contribution is -0.142. The van der Waals surface area contributed by atoms with E-state index in [9.17, 15) is 82.1 Å². The van der Waals surface area contributed by atoms with Crippen LogP contribution in [0.15, 0.2) is 42.9 Å². The van der Waals surface area contributed by atoms with Crippen molar-refractivity contribution in [1.29, 1.82) is 16.2 Å². The second kappa shape index (κ2) is 56.5. The van der Waals surface area contributed by atoms with Crippen LogP contribution < -0.4 is 119 Å². The van der Waals surface area contributed by atoms with Crippen molar-refractivity contribution in [3.8, 4) is 0 Å². The fourth-order valence-electron chi connectivity index (χ4n) is 11.9. The lowest BCUT2D eigenvalue weighted by Crippen LogP contribution is -2.61. The third kappa shape index (κ3) is 43.0. The van der Waals surface area contributed by atoms with Gasteiger partial charge in [0.1, 0.15) is 72.5 Å². The van der Waals surface area contributed by atoms with Crippen LogP contribution >= 0.6 is 12.6 Å². The zero-order chi connectivity index (χ0) is 91.0. The number of nitrogens with one attached hydrogen (secondary N) is 20. The molecule has 676 valence electrons. The van der Waals surface area contributed by atoms with Crippen LogP contribution in [0.2, 0.25) is 0 Å². The van der Waals surface area contributed by atoms with E-state index in [4.69, 9.17) is 50.6 Å². The standard InChI is InChI=1S/C75H127N27O18S/c1-8-41(6)59(102-69(116)53(33-43-17-10-9-11-18-43)101-64(111)48(21-15-29-87-74(81)82)95-70(117)55(37-121)92-57(104)36-89-61(108)54(34-44-35-85-38-90-44)98-60(107)45(77)23-25-56(78)103)71(118)97-49(22-16-30-88-75(83)84)65(112)100-51(31-39(2)3)67(114)94-46(19-12-13-27-76)63(110)99-52(32-40(4)5)68(115)96-50(24-26-58(105)106)66(113)93-47(20-14-28-86-73(79)80)62(109)91-42(7)72(119)120/h9-11,17-18,35,38-42,45-55,59,121H,8,12-16,19-34,36-37,76-77H2,1-7H3,(H2,78,103)(H,85,90)(H,89,108)(H,91,109)(H,92,104)(H,93,113)(H,94,114)(H,95,117)(H,96,115)(H,97,118)(H,98,107)(H,99,110)(H,100,112)(H,101,111)(H,102,116)(H,105,106)(H,119,120)(H4,79,80,86)(H4,81,82,87)(H4,83,84,88)/t41-,42-,45-,46-,47-,48-,49-,50-,51-,52-,53-,54-,55-,59-/m0/s1. The van der Waals surface area contributed by atoms with Crippen LogP contribution in [0.5, 0.6) is 0 Å². The van der Waals surface area contributed by atoms with Gasteiger partial charge in [0, 0.05) is 57.3 Å². The lowest BCUT2D eigenvalue weighted by Gasteiger charge is -2.30. The molecular weight excluding hydrogens is 1600 g/mol. The number of aliphatic carboxylic acids is 2. The Hall–Kier alpha value is -12.0. The van der Waals surface area contributed by atoms with Crippen LogP contribution in [-0.4, -0.2) is 250 Å². The van der Waals surface area contributed by atoms with E-state index < -0.39 is 216 Å². The summed E-state index contributed by atoms with van der Waals surface area (Å²) in [6, 6.07) is -10.5. The van der Waals surface area contributed by atoms with E-state index in [1.165, 1.54) is 19.4 Å². The molecular formula is C75H127N27O18S. The molecule has 0 unspecified atom stereocenters. The van der Waals surface area contributed by atoms with E-state index in [2.05, 4.69) is 108 Å².